The molecule has 2 aliphatic heterocycles. The van der Waals surface area contributed by atoms with Gasteiger partial charge in [-0.25, -0.2) is 8.42 Å². The van der Waals surface area contributed by atoms with Crippen LogP contribution in [0.4, 0.5) is 0 Å². The van der Waals surface area contributed by atoms with E-state index >= 15 is 0 Å². The standard InChI is InChI=1S/C16H22N4O4S/c21-15-12-20(11-8-18-15)25(23,24)14-4-2-13(3-5-14)16(22)19-9-1-6-17-7-10-19/h2-5,17H,1,6-12H2,(H,18,21). The first-order chi connectivity index (χ1) is 12.0. The summed E-state index contributed by atoms with van der Waals surface area (Å²) < 4.78 is 26.4. The molecule has 1 aromatic rings. The van der Waals surface area contributed by atoms with E-state index in [2.05, 4.69) is 10.6 Å². The number of sulfonamides is 1. The number of benzene rings is 1. The van der Waals surface area contributed by atoms with Gasteiger partial charge in [-0.3, -0.25) is 9.59 Å². The number of carbonyl (C=O) groups excluding carboxylic acids is 2. The summed E-state index contributed by atoms with van der Waals surface area (Å²) in [6.07, 6.45) is 0.898. The van der Waals surface area contributed by atoms with Crippen molar-refractivity contribution in [2.24, 2.45) is 0 Å². The van der Waals surface area contributed by atoms with Crippen molar-refractivity contribution in [2.75, 3.05) is 45.8 Å². The fourth-order valence-electron chi connectivity index (χ4n) is 2.97. The lowest BCUT2D eigenvalue weighted by Gasteiger charge is -2.26. The topological polar surface area (TPSA) is 98.8 Å². The van der Waals surface area contributed by atoms with E-state index in [1.165, 1.54) is 24.3 Å². The molecule has 8 nitrogen and oxygen atoms in total. The van der Waals surface area contributed by atoms with Crippen LogP contribution in [0.15, 0.2) is 29.2 Å². The lowest BCUT2D eigenvalue weighted by molar-refractivity contribution is -0.122. The number of nitrogens with one attached hydrogen (secondary N) is 2. The second kappa shape index (κ2) is 7.51. The number of rotatable bonds is 3. The maximum absolute atomic E-state index is 12.6. The van der Waals surface area contributed by atoms with Crippen molar-refractivity contribution in [1.82, 2.24) is 19.8 Å². The van der Waals surface area contributed by atoms with E-state index < -0.39 is 10.0 Å². The Bertz CT molecular complexity index is 740. The van der Waals surface area contributed by atoms with Gasteiger partial charge in [-0.05, 0) is 37.2 Å². The number of carbonyl (C=O) groups is 2. The molecular weight excluding hydrogens is 344 g/mol. The quantitative estimate of drug-likeness (QED) is 0.733. The van der Waals surface area contributed by atoms with Gasteiger partial charge in [-0.15, -0.1) is 0 Å². The molecule has 3 rings (SSSR count). The highest BCUT2D eigenvalue weighted by atomic mass is 32.2. The molecule has 2 aliphatic rings. The zero-order valence-electron chi connectivity index (χ0n) is 13.9. The molecule has 0 saturated carbocycles. The molecule has 0 bridgehead atoms. The summed E-state index contributed by atoms with van der Waals surface area (Å²) in [6, 6.07) is 5.95. The highest BCUT2D eigenvalue weighted by Crippen LogP contribution is 2.18. The van der Waals surface area contributed by atoms with Gasteiger partial charge >= 0.3 is 0 Å². The highest BCUT2D eigenvalue weighted by Gasteiger charge is 2.29. The van der Waals surface area contributed by atoms with E-state index in [1.54, 1.807) is 4.90 Å². The number of nitrogens with zero attached hydrogens (tertiary/aromatic N) is 2. The second-order valence-electron chi connectivity index (χ2n) is 6.11. The Kier molecular flexibility index (Phi) is 5.36. The zero-order chi connectivity index (χ0) is 17.9. The SMILES string of the molecule is O=C1CN(S(=O)(=O)c2ccc(C(=O)N3CCCNCC3)cc2)CCN1. The van der Waals surface area contributed by atoms with Crippen LogP contribution in [-0.4, -0.2) is 75.3 Å². The Labute approximate surface area is 147 Å². The maximum atomic E-state index is 12.6. The molecule has 0 unspecified atom stereocenters. The average molecular weight is 366 g/mol. The molecule has 0 aliphatic carbocycles. The zero-order valence-corrected chi connectivity index (χ0v) is 14.7. The van der Waals surface area contributed by atoms with E-state index in [-0.39, 0.29) is 29.8 Å². The van der Waals surface area contributed by atoms with Gasteiger partial charge in [0.2, 0.25) is 15.9 Å². The molecule has 1 aromatic carbocycles. The van der Waals surface area contributed by atoms with Crippen molar-refractivity contribution in [2.45, 2.75) is 11.3 Å². The lowest BCUT2D eigenvalue weighted by Crippen LogP contribution is -2.49. The normalized spacial score (nSPS) is 20.0. The Hall–Kier alpha value is -1.97. The van der Waals surface area contributed by atoms with E-state index in [9.17, 15) is 18.0 Å². The molecule has 0 spiro atoms. The van der Waals surface area contributed by atoms with Crippen molar-refractivity contribution in [1.29, 1.82) is 0 Å². The summed E-state index contributed by atoms with van der Waals surface area (Å²) in [5, 5.41) is 5.84. The first-order valence-corrected chi connectivity index (χ1v) is 9.79. The fourth-order valence-corrected chi connectivity index (χ4v) is 4.37. The number of hydrogen-bond donors (Lipinski definition) is 2. The van der Waals surface area contributed by atoms with Crippen LogP contribution in [-0.2, 0) is 14.8 Å². The summed E-state index contributed by atoms with van der Waals surface area (Å²) >= 11 is 0. The summed E-state index contributed by atoms with van der Waals surface area (Å²) in [4.78, 5) is 25.8. The molecule has 2 amide bonds. The van der Waals surface area contributed by atoms with Crippen LogP contribution in [0.25, 0.3) is 0 Å². The van der Waals surface area contributed by atoms with Crippen molar-refractivity contribution in [3.8, 4) is 0 Å². The third-order valence-electron chi connectivity index (χ3n) is 4.37. The average Bonchev–Trinajstić information content (AvgIpc) is 2.90. The van der Waals surface area contributed by atoms with Crippen molar-refractivity contribution in [3.63, 3.8) is 0 Å². The third-order valence-corrected chi connectivity index (χ3v) is 6.23. The Morgan fingerprint density at radius 3 is 2.48 bits per heavy atom. The smallest absolute Gasteiger partial charge is 0.253 e. The molecule has 0 radical (unpaired) electrons. The van der Waals surface area contributed by atoms with Crippen LogP contribution in [0.1, 0.15) is 16.8 Å². The van der Waals surface area contributed by atoms with Crippen LogP contribution >= 0.6 is 0 Å². The van der Waals surface area contributed by atoms with Gasteiger partial charge < -0.3 is 15.5 Å². The first-order valence-electron chi connectivity index (χ1n) is 8.35. The summed E-state index contributed by atoms with van der Waals surface area (Å²) in [5.41, 5.74) is 0.470. The van der Waals surface area contributed by atoms with Gasteiger partial charge in [0.1, 0.15) is 0 Å². The van der Waals surface area contributed by atoms with Crippen molar-refractivity contribution < 1.29 is 18.0 Å². The molecule has 9 heteroatoms. The number of piperazine rings is 1. The molecule has 2 N–H and O–H groups in total. The van der Waals surface area contributed by atoms with E-state index in [4.69, 9.17) is 0 Å². The number of amides is 2. The summed E-state index contributed by atoms with van der Waals surface area (Å²) in [6.45, 7) is 3.35. The lowest BCUT2D eigenvalue weighted by atomic mass is 10.2. The highest BCUT2D eigenvalue weighted by molar-refractivity contribution is 7.89. The van der Waals surface area contributed by atoms with Crippen LogP contribution in [0, 0.1) is 0 Å². The molecule has 0 aromatic heterocycles. The largest absolute Gasteiger partial charge is 0.354 e. The summed E-state index contributed by atoms with van der Waals surface area (Å²) in [5.74, 6) is -0.401. The molecule has 2 fully saturated rings. The van der Waals surface area contributed by atoms with Crippen LogP contribution in [0.2, 0.25) is 0 Å². The molecule has 0 atom stereocenters. The molecule has 2 saturated heterocycles. The van der Waals surface area contributed by atoms with Gasteiger partial charge in [0.15, 0.2) is 0 Å². The minimum Gasteiger partial charge on any atom is -0.354 e. The fraction of sp³-hybridized carbons (Fsp3) is 0.500. The van der Waals surface area contributed by atoms with Gasteiger partial charge in [-0.1, -0.05) is 0 Å². The van der Waals surface area contributed by atoms with Gasteiger partial charge in [0.05, 0.1) is 11.4 Å². The monoisotopic (exact) mass is 366 g/mol. The van der Waals surface area contributed by atoms with Crippen LogP contribution < -0.4 is 10.6 Å². The summed E-state index contributed by atoms with van der Waals surface area (Å²) in [7, 11) is -3.73. The second-order valence-corrected chi connectivity index (χ2v) is 8.05. The maximum Gasteiger partial charge on any atom is 0.253 e. The van der Waals surface area contributed by atoms with Gasteiger partial charge in [0, 0.05) is 38.3 Å². The molecule has 2 heterocycles. The van der Waals surface area contributed by atoms with E-state index in [0.29, 0.717) is 25.2 Å². The Morgan fingerprint density at radius 2 is 1.76 bits per heavy atom. The Balaban J connectivity index is 1.75. The van der Waals surface area contributed by atoms with Crippen LogP contribution in [0.3, 0.4) is 0 Å². The number of hydrogen-bond acceptors (Lipinski definition) is 5. The minimum absolute atomic E-state index is 0.0926. The van der Waals surface area contributed by atoms with E-state index in [1.807, 2.05) is 0 Å². The predicted molar refractivity (Wildman–Crippen MR) is 91.6 cm³/mol. The van der Waals surface area contributed by atoms with Gasteiger partial charge in [0.25, 0.3) is 5.91 Å². The Morgan fingerprint density at radius 1 is 1.00 bits per heavy atom. The van der Waals surface area contributed by atoms with Gasteiger partial charge in [-0.2, -0.15) is 4.31 Å². The predicted octanol–water partition coefficient (Wildman–Crippen LogP) is -0.757. The molecular formula is C16H22N4O4S. The third kappa shape index (κ3) is 4.00. The molecule has 136 valence electrons. The van der Waals surface area contributed by atoms with Crippen LogP contribution in [0.5, 0.6) is 0 Å². The van der Waals surface area contributed by atoms with Crippen molar-refractivity contribution >= 4 is 21.8 Å². The van der Waals surface area contributed by atoms with E-state index in [0.717, 1.165) is 23.8 Å². The molecule has 25 heavy (non-hydrogen) atoms. The first kappa shape index (κ1) is 17.8. The van der Waals surface area contributed by atoms with Crippen molar-refractivity contribution in [3.05, 3.63) is 29.8 Å². The minimum atomic E-state index is -3.73.